The van der Waals surface area contributed by atoms with E-state index in [1.165, 1.54) is 17.7 Å². The third-order valence-corrected chi connectivity index (χ3v) is 2.80. The molecule has 0 amide bonds. The van der Waals surface area contributed by atoms with Crippen LogP contribution in [-0.2, 0) is 13.2 Å². The zero-order valence-corrected chi connectivity index (χ0v) is 11.0. The molecule has 0 atom stereocenters. The highest BCUT2D eigenvalue weighted by Crippen LogP contribution is 2.15. The van der Waals surface area contributed by atoms with E-state index in [1.807, 2.05) is 18.2 Å². The summed E-state index contributed by atoms with van der Waals surface area (Å²) in [7, 11) is 0. The molecule has 0 bridgehead atoms. The second-order valence-corrected chi connectivity index (χ2v) is 4.34. The van der Waals surface area contributed by atoms with Crippen LogP contribution in [-0.4, -0.2) is 6.54 Å². The lowest BCUT2D eigenvalue weighted by Gasteiger charge is -2.08. The van der Waals surface area contributed by atoms with Crippen LogP contribution in [0.3, 0.4) is 0 Å². The molecule has 0 radical (unpaired) electrons. The quantitative estimate of drug-likeness (QED) is 0.857. The lowest BCUT2D eigenvalue weighted by Crippen LogP contribution is -2.11. The lowest BCUT2D eigenvalue weighted by atomic mass is 10.2. The normalized spacial score (nSPS) is 10.4. The Balaban J connectivity index is 1.93. The van der Waals surface area contributed by atoms with Gasteiger partial charge in [-0.2, -0.15) is 0 Å². The van der Waals surface area contributed by atoms with Gasteiger partial charge in [-0.1, -0.05) is 31.2 Å². The molecule has 1 N–H and O–H groups in total. The molecule has 0 saturated carbocycles. The van der Waals surface area contributed by atoms with Gasteiger partial charge in [-0.25, -0.2) is 4.39 Å². The van der Waals surface area contributed by atoms with Gasteiger partial charge in [0, 0.05) is 6.54 Å². The molecule has 0 aliphatic carbocycles. The van der Waals surface area contributed by atoms with E-state index >= 15 is 0 Å². The summed E-state index contributed by atoms with van der Waals surface area (Å²) in [5.41, 5.74) is 2.15. The van der Waals surface area contributed by atoms with E-state index in [-0.39, 0.29) is 5.82 Å². The molecule has 0 fully saturated rings. The molecule has 2 nitrogen and oxygen atoms in total. The summed E-state index contributed by atoms with van der Waals surface area (Å²) in [6, 6.07) is 14.3. The average Bonchev–Trinajstić information content (AvgIpc) is 2.45. The fourth-order valence-corrected chi connectivity index (χ4v) is 1.76. The Morgan fingerprint density at radius 1 is 1.05 bits per heavy atom. The molecule has 0 aromatic heterocycles. The molecule has 100 valence electrons. The maximum absolute atomic E-state index is 12.8. The van der Waals surface area contributed by atoms with Gasteiger partial charge >= 0.3 is 0 Å². The maximum Gasteiger partial charge on any atom is 0.123 e. The first-order valence-electron chi connectivity index (χ1n) is 6.45. The summed E-state index contributed by atoms with van der Waals surface area (Å²) in [5.74, 6) is 0.608. The third kappa shape index (κ3) is 4.38. The van der Waals surface area contributed by atoms with Crippen molar-refractivity contribution in [2.24, 2.45) is 0 Å². The van der Waals surface area contributed by atoms with E-state index in [9.17, 15) is 4.39 Å². The van der Waals surface area contributed by atoms with E-state index in [1.54, 1.807) is 12.1 Å². The van der Waals surface area contributed by atoms with Crippen molar-refractivity contribution >= 4 is 0 Å². The van der Waals surface area contributed by atoms with Gasteiger partial charge in [0.15, 0.2) is 0 Å². The number of benzene rings is 2. The molecule has 0 aliphatic rings. The maximum atomic E-state index is 12.8. The van der Waals surface area contributed by atoms with Gasteiger partial charge in [-0.3, -0.25) is 0 Å². The molecule has 0 spiro atoms. The van der Waals surface area contributed by atoms with Crippen molar-refractivity contribution in [1.82, 2.24) is 5.32 Å². The summed E-state index contributed by atoms with van der Waals surface area (Å²) >= 11 is 0. The molecule has 0 unspecified atom stereocenters. The van der Waals surface area contributed by atoms with Gasteiger partial charge in [0.1, 0.15) is 18.2 Å². The van der Waals surface area contributed by atoms with Crippen molar-refractivity contribution in [3.63, 3.8) is 0 Å². The smallest absolute Gasteiger partial charge is 0.123 e. The van der Waals surface area contributed by atoms with Crippen LogP contribution in [0.2, 0.25) is 0 Å². The van der Waals surface area contributed by atoms with E-state index < -0.39 is 0 Å². The Kier molecular flexibility index (Phi) is 4.93. The van der Waals surface area contributed by atoms with E-state index in [2.05, 4.69) is 18.3 Å². The first-order chi connectivity index (χ1) is 9.28. The van der Waals surface area contributed by atoms with Crippen molar-refractivity contribution in [2.45, 2.75) is 20.1 Å². The van der Waals surface area contributed by atoms with E-state index in [0.29, 0.717) is 6.61 Å². The Morgan fingerprint density at radius 2 is 1.84 bits per heavy atom. The summed E-state index contributed by atoms with van der Waals surface area (Å²) < 4.78 is 18.5. The van der Waals surface area contributed by atoms with Gasteiger partial charge < -0.3 is 10.1 Å². The minimum atomic E-state index is -0.226. The molecule has 19 heavy (non-hydrogen) atoms. The summed E-state index contributed by atoms with van der Waals surface area (Å²) in [5, 5.41) is 3.27. The monoisotopic (exact) mass is 259 g/mol. The predicted molar refractivity (Wildman–Crippen MR) is 74.6 cm³/mol. The minimum Gasteiger partial charge on any atom is -0.489 e. The van der Waals surface area contributed by atoms with Crippen LogP contribution in [0.5, 0.6) is 5.75 Å². The number of hydrogen-bond donors (Lipinski definition) is 1. The van der Waals surface area contributed by atoms with Crippen molar-refractivity contribution in [2.75, 3.05) is 6.54 Å². The SMILES string of the molecule is CCNCc1cccc(OCc2ccc(F)cc2)c1. The Labute approximate surface area is 113 Å². The van der Waals surface area contributed by atoms with Gasteiger partial charge in [-0.15, -0.1) is 0 Å². The standard InChI is InChI=1S/C16H18FNO/c1-2-18-11-14-4-3-5-16(10-14)19-12-13-6-8-15(17)9-7-13/h3-10,18H,2,11-12H2,1H3. The zero-order chi connectivity index (χ0) is 13.5. The van der Waals surface area contributed by atoms with Crippen LogP contribution < -0.4 is 10.1 Å². The molecule has 0 aliphatic heterocycles. The molecular formula is C16H18FNO. The van der Waals surface area contributed by atoms with Gasteiger partial charge in [0.25, 0.3) is 0 Å². The van der Waals surface area contributed by atoms with Crippen molar-refractivity contribution in [3.8, 4) is 5.75 Å². The molecule has 2 aromatic carbocycles. The molecule has 2 rings (SSSR count). The number of ether oxygens (including phenoxy) is 1. The minimum absolute atomic E-state index is 0.226. The number of rotatable bonds is 6. The van der Waals surface area contributed by atoms with Gasteiger partial charge in [-0.05, 0) is 41.9 Å². The predicted octanol–water partition coefficient (Wildman–Crippen LogP) is 3.51. The lowest BCUT2D eigenvalue weighted by molar-refractivity contribution is 0.305. The van der Waals surface area contributed by atoms with Crippen LogP contribution in [0, 0.1) is 5.82 Å². The molecule has 3 heteroatoms. The van der Waals surface area contributed by atoms with Crippen LogP contribution in [0.25, 0.3) is 0 Å². The van der Waals surface area contributed by atoms with E-state index in [0.717, 1.165) is 24.4 Å². The summed E-state index contributed by atoms with van der Waals surface area (Å²) in [6.07, 6.45) is 0. The van der Waals surface area contributed by atoms with Gasteiger partial charge in [0.05, 0.1) is 0 Å². The Morgan fingerprint density at radius 3 is 2.58 bits per heavy atom. The number of nitrogens with one attached hydrogen (secondary N) is 1. The first kappa shape index (κ1) is 13.6. The Bertz CT molecular complexity index is 510. The second kappa shape index (κ2) is 6.90. The third-order valence-electron chi connectivity index (χ3n) is 2.80. The highest BCUT2D eigenvalue weighted by Gasteiger charge is 1.98. The summed E-state index contributed by atoms with van der Waals surface area (Å²) in [6.45, 7) is 4.31. The highest BCUT2D eigenvalue weighted by molar-refractivity contribution is 5.29. The van der Waals surface area contributed by atoms with Crippen molar-refractivity contribution in [1.29, 1.82) is 0 Å². The zero-order valence-electron chi connectivity index (χ0n) is 11.0. The van der Waals surface area contributed by atoms with Gasteiger partial charge in [0.2, 0.25) is 0 Å². The number of hydrogen-bond acceptors (Lipinski definition) is 2. The van der Waals surface area contributed by atoms with Crippen LogP contribution in [0.1, 0.15) is 18.1 Å². The fraction of sp³-hybridized carbons (Fsp3) is 0.250. The molecule has 0 saturated heterocycles. The largest absolute Gasteiger partial charge is 0.489 e. The highest BCUT2D eigenvalue weighted by atomic mass is 19.1. The topological polar surface area (TPSA) is 21.3 Å². The second-order valence-electron chi connectivity index (χ2n) is 4.34. The van der Waals surface area contributed by atoms with Crippen molar-refractivity contribution in [3.05, 3.63) is 65.5 Å². The Hall–Kier alpha value is -1.87. The number of halogens is 1. The van der Waals surface area contributed by atoms with E-state index in [4.69, 9.17) is 4.74 Å². The molecule has 2 aromatic rings. The first-order valence-corrected chi connectivity index (χ1v) is 6.45. The van der Waals surface area contributed by atoms with Crippen LogP contribution in [0.4, 0.5) is 4.39 Å². The molecule has 0 heterocycles. The summed E-state index contributed by atoms with van der Waals surface area (Å²) in [4.78, 5) is 0. The van der Waals surface area contributed by atoms with Crippen LogP contribution >= 0.6 is 0 Å². The fourth-order valence-electron chi connectivity index (χ4n) is 1.76. The van der Waals surface area contributed by atoms with Crippen molar-refractivity contribution < 1.29 is 9.13 Å². The van der Waals surface area contributed by atoms with Crippen LogP contribution in [0.15, 0.2) is 48.5 Å². The molecular weight excluding hydrogens is 241 g/mol. The average molecular weight is 259 g/mol.